The normalized spacial score (nSPS) is 10.7. The van der Waals surface area contributed by atoms with Crippen LogP contribution in [0.3, 0.4) is 0 Å². The largest absolute Gasteiger partial charge is 0.289 e. The van der Waals surface area contributed by atoms with E-state index in [1.807, 2.05) is 6.07 Å². The van der Waals surface area contributed by atoms with Gasteiger partial charge in [-0.25, -0.2) is 0 Å². The van der Waals surface area contributed by atoms with E-state index in [-0.39, 0.29) is 10.6 Å². The van der Waals surface area contributed by atoms with Crippen LogP contribution >= 0.6 is 22.9 Å². The number of nitrogens with zero attached hydrogens (tertiary/aromatic N) is 1. The maximum Gasteiger partial charge on any atom is 0.289 e. The SMILES string of the molecule is Cc1ccc2c(Cl)csc2c1[N+](=O)[O-]. The number of nitro benzene ring substituents is 1. The first kappa shape index (κ1) is 9.43. The molecule has 0 atom stereocenters. The quantitative estimate of drug-likeness (QED) is 0.550. The van der Waals surface area contributed by atoms with Crippen molar-refractivity contribution in [3.63, 3.8) is 0 Å². The number of hydrogen-bond donors (Lipinski definition) is 0. The van der Waals surface area contributed by atoms with E-state index < -0.39 is 0 Å². The average molecular weight is 228 g/mol. The lowest BCUT2D eigenvalue weighted by molar-refractivity contribution is -0.383. The molecule has 3 nitrogen and oxygen atoms in total. The molecule has 5 heteroatoms. The lowest BCUT2D eigenvalue weighted by Gasteiger charge is -1.97. The molecule has 0 aliphatic carbocycles. The van der Waals surface area contributed by atoms with E-state index in [1.54, 1.807) is 18.4 Å². The molecule has 0 fully saturated rings. The first-order valence-corrected chi connectivity index (χ1v) is 5.17. The Morgan fingerprint density at radius 1 is 1.50 bits per heavy atom. The van der Waals surface area contributed by atoms with E-state index in [0.29, 0.717) is 15.3 Å². The zero-order valence-electron chi connectivity index (χ0n) is 7.28. The summed E-state index contributed by atoms with van der Waals surface area (Å²) in [5.74, 6) is 0. The fraction of sp³-hybridized carbons (Fsp3) is 0.111. The number of fused-ring (bicyclic) bond motifs is 1. The van der Waals surface area contributed by atoms with Crippen LogP contribution in [0.4, 0.5) is 5.69 Å². The minimum Gasteiger partial charge on any atom is -0.258 e. The van der Waals surface area contributed by atoms with Crippen molar-refractivity contribution in [2.24, 2.45) is 0 Å². The predicted molar refractivity (Wildman–Crippen MR) is 58.2 cm³/mol. The Kier molecular flexibility index (Phi) is 2.17. The number of benzene rings is 1. The number of thiophene rings is 1. The molecule has 2 aromatic rings. The first-order chi connectivity index (χ1) is 6.61. The molecule has 1 heterocycles. The van der Waals surface area contributed by atoms with E-state index in [1.165, 1.54) is 11.3 Å². The summed E-state index contributed by atoms with van der Waals surface area (Å²) >= 11 is 7.20. The lowest BCUT2D eigenvalue weighted by Crippen LogP contribution is -1.91. The van der Waals surface area contributed by atoms with Crippen molar-refractivity contribution >= 4 is 38.7 Å². The van der Waals surface area contributed by atoms with Crippen LogP contribution in [-0.2, 0) is 0 Å². The van der Waals surface area contributed by atoms with Crippen LogP contribution in [0.2, 0.25) is 5.02 Å². The van der Waals surface area contributed by atoms with E-state index in [0.717, 1.165) is 5.39 Å². The highest BCUT2D eigenvalue weighted by Gasteiger charge is 2.18. The minimum atomic E-state index is -0.357. The Hall–Kier alpha value is -1.13. The number of nitro groups is 1. The molecule has 0 amide bonds. The molecule has 0 saturated carbocycles. The van der Waals surface area contributed by atoms with Gasteiger partial charge in [-0.05, 0) is 6.92 Å². The van der Waals surface area contributed by atoms with Crippen LogP contribution in [0.15, 0.2) is 17.5 Å². The van der Waals surface area contributed by atoms with Gasteiger partial charge in [0.05, 0.1) is 9.95 Å². The summed E-state index contributed by atoms with van der Waals surface area (Å²) in [5.41, 5.74) is 0.834. The highest BCUT2D eigenvalue weighted by Crippen LogP contribution is 2.37. The zero-order chi connectivity index (χ0) is 10.3. The minimum absolute atomic E-state index is 0.166. The van der Waals surface area contributed by atoms with Crippen LogP contribution in [0, 0.1) is 17.0 Å². The second-order valence-corrected chi connectivity index (χ2v) is 4.24. The molecule has 0 radical (unpaired) electrons. The standard InChI is InChI=1S/C9H6ClNO2S/c1-5-2-3-6-7(10)4-14-9(6)8(5)11(12)13/h2-4H,1H3. The Bertz CT molecular complexity index is 521. The van der Waals surface area contributed by atoms with E-state index >= 15 is 0 Å². The first-order valence-electron chi connectivity index (χ1n) is 3.92. The molecule has 0 N–H and O–H groups in total. The van der Waals surface area contributed by atoms with Gasteiger partial charge in [0.2, 0.25) is 0 Å². The summed E-state index contributed by atoms with van der Waals surface area (Å²) in [5, 5.41) is 13.9. The third kappa shape index (κ3) is 1.27. The highest BCUT2D eigenvalue weighted by molar-refractivity contribution is 7.18. The van der Waals surface area contributed by atoms with Crippen molar-refractivity contribution in [2.45, 2.75) is 6.92 Å². The number of halogens is 1. The molecule has 1 aromatic heterocycles. The van der Waals surface area contributed by atoms with Gasteiger partial charge in [0.15, 0.2) is 0 Å². The van der Waals surface area contributed by atoms with Gasteiger partial charge in [0.25, 0.3) is 5.69 Å². The van der Waals surface area contributed by atoms with Gasteiger partial charge in [0, 0.05) is 16.3 Å². The van der Waals surface area contributed by atoms with Crippen molar-refractivity contribution in [1.82, 2.24) is 0 Å². The second kappa shape index (κ2) is 3.22. The Morgan fingerprint density at radius 3 is 2.86 bits per heavy atom. The Morgan fingerprint density at radius 2 is 2.21 bits per heavy atom. The van der Waals surface area contributed by atoms with Crippen molar-refractivity contribution in [2.75, 3.05) is 0 Å². The zero-order valence-corrected chi connectivity index (χ0v) is 8.85. The van der Waals surface area contributed by atoms with E-state index in [9.17, 15) is 10.1 Å². The Balaban J connectivity index is 2.90. The maximum atomic E-state index is 10.8. The van der Waals surface area contributed by atoms with Gasteiger partial charge < -0.3 is 0 Å². The van der Waals surface area contributed by atoms with Gasteiger partial charge in [-0.15, -0.1) is 11.3 Å². The predicted octanol–water partition coefficient (Wildman–Crippen LogP) is 3.77. The molecule has 2 rings (SSSR count). The summed E-state index contributed by atoms with van der Waals surface area (Å²) in [6.45, 7) is 1.73. The highest BCUT2D eigenvalue weighted by atomic mass is 35.5. The van der Waals surface area contributed by atoms with Gasteiger partial charge >= 0.3 is 0 Å². The van der Waals surface area contributed by atoms with Crippen LogP contribution in [0.5, 0.6) is 0 Å². The van der Waals surface area contributed by atoms with Crippen LogP contribution in [0.25, 0.3) is 10.1 Å². The van der Waals surface area contributed by atoms with Gasteiger partial charge in [-0.3, -0.25) is 10.1 Å². The maximum absolute atomic E-state index is 10.8. The van der Waals surface area contributed by atoms with Gasteiger partial charge in [-0.1, -0.05) is 23.7 Å². The van der Waals surface area contributed by atoms with Crippen molar-refractivity contribution < 1.29 is 4.92 Å². The van der Waals surface area contributed by atoms with Crippen molar-refractivity contribution in [3.8, 4) is 0 Å². The summed E-state index contributed by atoms with van der Waals surface area (Å²) in [6, 6.07) is 3.54. The van der Waals surface area contributed by atoms with Crippen molar-refractivity contribution in [3.05, 3.63) is 38.2 Å². The fourth-order valence-electron chi connectivity index (χ4n) is 1.38. The van der Waals surface area contributed by atoms with E-state index in [4.69, 9.17) is 11.6 Å². The van der Waals surface area contributed by atoms with E-state index in [2.05, 4.69) is 0 Å². The smallest absolute Gasteiger partial charge is 0.258 e. The number of aryl methyl sites for hydroxylation is 1. The molecule has 14 heavy (non-hydrogen) atoms. The third-order valence-electron chi connectivity index (χ3n) is 2.05. The monoisotopic (exact) mass is 227 g/mol. The Labute approximate surface area is 89.1 Å². The lowest BCUT2D eigenvalue weighted by atomic mass is 10.1. The summed E-state index contributed by atoms with van der Waals surface area (Å²) in [7, 11) is 0. The molecule has 0 bridgehead atoms. The molecule has 0 spiro atoms. The molecule has 1 aromatic carbocycles. The summed E-state index contributed by atoms with van der Waals surface area (Å²) in [4.78, 5) is 10.5. The molecule has 0 aliphatic rings. The summed E-state index contributed by atoms with van der Waals surface area (Å²) < 4.78 is 0.653. The second-order valence-electron chi connectivity index (χ2n) is 2.95. The molecular weight excluding hydrogens is 222 g/mol. The summed E-state index contributed by atoms with van der Waals surface area (Å²) in [6.07, 6.45) is 0. The number of rotatable bonds is 1. The third-order valence-corrected chi connectivity index (χ3v) is 3.50. The van der Waals surface area contributed by atoms with Crippen molar-refractivity contribution in [1.29, 1.82) is 0 Å². The molecule has 0 saturated heterocycles. The average Bonchev–Trinajstić information content (AvgIpc) is 2.47. The van der Waals surface area contributed by atoms with Crippen LogP contribution < -0.4 is 0 Å². The van der Waals surface area contributed by atoms with Gasteiger partial charge in [0.1, 0.15) is 4.70 Å². The van der Waals surface area contributed by atoms with Crippen LogP contribution in [-0.4, -0.2) is 4.92 Å². The fourth-order valence-corrected chi connectivity index (χ4v) is 2.73. The molecular formula is C9H6ClNO2S. The van der Waals surface area contributed by atoms with Crippen LogP contribution in [0.1, 0.15) is 5.56 Å². The number of hydrogen-bond acceptors (Lipinski definition) is 3. The molecule has 72 valence electrons. The topological polar surface area (TPSA) is 43.1 Å². The molecule has 0 unspecified atom stereocenters. The molecule has 0 aliphatic heterocycles. The van der Waals surface area contributed by atoms with Gasteiger partial charge in [-0.2, -0.15) is 0 Å².